The Bertz CT molecular complexity index is 594. The lowest BCUT2D eigenvalue weighted by Gasteiger charge is -2.12. The smallest absolute Gasteiger partial charge is 0.243 e. The summed E-state index contributed by atoms with van der Waals surface area (Å²) in [7, 11) is 0. The van der Waals surface area contributed by atoms with Gasteiger partial charge in [0.1, 0.15) is 0 Å². The first kappa shape index (κ1) is 15.7. The molecule has 1 unspecified atom stereocenters. The van der Waals surface area contributed by atoms with Gasteiger partial charge < -0.3 is 10.3 Å². The topological polar surface area (TPSA) is 72.9 Å². The van der Waals surface area contributed by atoms with E-state index in [9.17, 15) is 4.79 Å². The maximum absolute atomic E-state index is 12.0. The molecule has 0 radical (unpaired) electrons. The number of carbonyl (C=O) groups is 1. The van der Waals surface area contributed by atoms with Gasteiger partial charge >= 0.3 is 0 Å². The van der Waals surface area contributed by atoms with Crippen LogP contribution >= 0.6 is 15.9 Å². The Hall–Kier alpha value is -1.66. The van der Waals surface area contributed by atoms with E-state index in [1.807, 2.05) is 42.0 Å². The largest absolute Gasteiger partial charge is 0.320 e. The fourth-order valence-electron chi connectivity index (χ4n) is 1.99. The molecule has 1 heterocycles. The molecule has 0 aliphatic heterocycles. The zero-order chi connectivity index (χ0) is 15.2. The summed E-state index contributed by atoms with van der Waals surface area (Å²) in [6.07, 6.45) is 5.05. The molecule has 3 N–H and O–H groups in total. The number of amides is 1. The number of nitrogens with zero attached hydrogens (tertiary/aromatic N) is 2. The summed E-state index contributed by atoms with van der Waals surface area (Å²) >= 11 is 3.41. The van der Waals surface area contributed by atoms with Crippen LogP contribution in [0.4, 0.5) is 5.95 Å². The molecular weight excluding hydrogens is 332 g/mol. The van der Waals surface area contributed by atoms with Crippen LogP contribution in [0.3, 0.4) is 0 Å². The molecule has 1 aromatic heterocycles. The zero-order valence-electron chi connectivity index (χ0n) is 11.9. The lowest BCUT2D eigenvalue weighted by molar-refractivity contribution is -0.117. The Morgan fingerprint density at radius 3 is 2.81 bits per heavy atom. The van der Waals surface area contributed by atoms with E-state index < -0.39 is 6.04 Å². The molecule has 6 heteroatoms. The second-order valence-electron chi connectivity index (χ2n) is 4.89. The highest BCUT2D eigenvalue weighted by atomic mass is 79.9. The number of benzene rings is 1. The average Bonchev–Trinajstić information content (AvgIpc) is 2.89. The van der Waals surface area contributed by atoms with Crippen LogP contribution in [0.1, 0.15) is 25.3 Å². The highest BCUT2D eigenvalue weighted by molar-refractivity contribution is 9.10. The highest BCUT2D eigenvalue weighted by Crippen LogP contribution is 2.14. The van der Waals surface area contributed by atoms with Gasteiger partial charge in [-0.25, -0.2) is 4.98 Å². The SMILES string of the molecule is CCCC(N)C(=O)Nc1nccn1Cc1ccc(Br)cc1. The van der Waals surface area contributed by atoms with E-state index in [4.69, 9.17) is 5.73 Å². The van der Waals surface area contributed by atoms with Crippen molar-refractivity contribution in [1.29, 1.82) is 0 Å². The van der Waals surface area contributed by atoms with Gasteiger partial charge in [0.05, 0.1) is 12.6 Å². The van der Waals surface area contributed by atoms with Crippen molar-refractivity contribution >= 4 is 27.8 Å². The van der Waals surface area contributed by atoms with Gasteiger partial charge in [-0.1, -0.05) is 41.4 Å². The van der Waals surface area contributed by atoms with Crippen molar-refractivity contribution in [3.05, 3.63) is 46.7 Å². The van der Waals surface area contributed by atoms with Gasteiger partial charge in [0.2, 0.25) is 11.9 Å². The third-order valence-corrected chi connectivity index (χ3v) is 3.68. The van der Waals surface area contributed by atoms with E-state index >= 15 is 0 Å². The molecule has 1 atom stereocenters. The van der Waals surface area contributed by atoms with Crippen LogP contribution in [0.15, 0.2) is 41.1 Å². The first-order valence-electron chi connectivity index (χ1n) is 6.92. The number of aromatic nitrogens is 2. The standard InChI is InChI=1S/C15H19BrN4O/c1-2-3-13(17)14(21)19-15-18-8-9-20(15)10-11-4-6-12(16)7-5-11/h4-9,13H,2-3,10,17H2,1H3,(H,18,19,21). The molecule has 1 aromatic carbocycles. The van der Waals surface area contributed by atoms with Crippen LogP contribution in [0.2, 0.25) is 0 Å². The Morgan fingerprint density at radius 1 is 1.43 bits per heavy atom. The van der Waals surface area contributed by atoms with Crippen molar-refractivity contribution in [2.24, 2.45) is 5.73 Å². The summed E-state index contributed by atoms with van der Waals surface area (Å²) in [5.41, 5.74) is 6.94. The van der Waals surface area contributed by atoms with Crippen LogP contribution in [0.5, 0.6) is 0 Å². The van der Waals surface area contributed by atoms with E-state index in [2.05, 4.69) is 26.2 Å². The highest BCUT2D eigenvalue weighted by Gasteiger charge is 2.14. The minimum Gasteiger partial charge on any atom is -0.320 e. The monoisotopic (exact) mass is 350 g/mol. The van der Waals surface area contributed by atoms with Gasteiger partial charge in [-0.3, -0.25) is 10.1 Å². The Kier molecular flexibility index (Phi) is 5.52. The summed E-state index contributed by atoms with van der Waals surface area (Å²) in [6, 6.07) is 7.54. The van der Waals surface area contributed by atoms with Gasteiger partial charge in [-0.2, -0.15) is 0 Å². The quantitative estimate of drug-likeness (QED) is 0.841. The Morgan fingerprint density at radius 2 is 2.14 bits per heavy atom. The number of nitrogens with one attached hydrogen (secondary N) is 1. The van der Waals surface area contributed by atoms with Crippen LogP contribution in [-0.2, 0) is 11.3 Å². The molecule has 0 fully saturated rings. The molecule has 2 aromatic rings. The summed E-state index contributed by atoms with van der Waals surface area (Å²) in [6.45, 7) is 2.65. The van der Waals surface area contributed by atoms with Crippen molar-refractivity contribution in [3.63, 3.8) is 0 Å². The van der Waals surface area contributed by atoms with Crippen LogP contribution in [0.25, 0.3) is 0 Å². The number of carbonyl (C=O) groups excluding carboxylic acids is 1. The van der Waals surface area contributed by atoms with E-state index in [1.165, 1.54) is 0 Å². The molecule has 0 saturated heterocycles. The number of imidazole rings is 1. The fraction of sp³-hybridized carbons (Fsp3) is 0.333. The number of halogens is 1. The predicted octanol–water partition coefficient (Wildman–Crippen LogP) is 2.76. The molecule has 0 bridgehead atoms. The minimum atomic E-state index is -0.493. The van der Waals surface area contributed by atoms with Crippen molar-refractivity contribution < 1.29 is 4.79 Å². The molecule has 112 valence electrons. The molecule has 2 rings (SSSR count). The predicted molar refractivity (Wildman–Crippen MR) is 87.0 cm³/mol. The van der Waals surface area contributed by atoms with Gasteiger partial charge in [0.15, 0.2) is 0 Å². The fourth-order valence-corrected chi connectivity index (χ4v) is 2.26. The number of nitrogens with two attached hydrogens (primary N) is 1. The van der Waals surface area contributed by atoms with Gasteiger partial charge in [0.25, 0.3) is 0 Å². The normalized spacial score (nSPS) is 12.1. The number of rotatable bonds is 6. The van der Waals surface area contributed by atoms with E-state index in [1.54, 1.807) is 6.20 Å². The van der Waals surface area contributed by atoms with Crippen molar-refractivity contribution in [1.82, 2.24) is 9.55 Å². The Balaban J connectivity index is 2.04. The van der Waals surface area contributed by atoms with Crippen molar-refractivity contribution in [3.8, 4) is 0 Å². The molecule has 0 saturated carbocycles. The maximum atomic E-state index is 12.0. The lowest BCUT2D eigenvalue weighted by Crippen LogP contribution is -2.36. The third-order valence-electron chi connectivity index (χ3n) is 3.15. The molecule has 0 aliphatic carbocycles. The molecular formula is C15H19BrN4O. The van der Waals surface area contributed by atoms with Gasteiger partial charge in [-0.15, -0.1) is 0 Å². The molecule has 21 heavy (non-hydrogen) atoms. The van der Waals surface area contributed by atoms with Gasteiger partial charge in [-0.05, 0) is 24.1 Å². The number of hydrogen-bond donors (Lipinski definition) is 2. The molecule has 1 amide bonds. The lowest BCUT2D eigenvalue weighted by atomic mass is 10.2. The number of anilines is 1. The first-order chi connectivity index (χ1) is 10.1. The van der Waals surface area contributed by atoms with Crippen LogP contribution < -0.4 is 11.1 Å². The van der Waals surface area contributed by atoms with E-state index in [0.29, 0.717) is 18.9 Å². The van der Waals surface area contributed by atoms with E-state index in [0.717, 1.165) is 16.5 Å². The summed E-state index contributed by atoms with van der Waals surface area (Å²) in [5, 5.41) is 2.79. The van der Waals surface area contributed by atoms with Crippen molar-refractivity contribution in [2.45, 2.75) is 32.4 Å². The molecule has 0 spiro atoms. The zero-order valence-corrected chi connectivity index (χ0v) is 13.5. The summed E-state index contributed by atoms with van der Waals surface area (Å²) in [5.74, 6) is 0.328. The summed E-state index contributed by atoms with van der Waals surface area (Å²) in [4.78, 5) is 16.1. The third kappa shape index (κ3) is 4.41. The first-order valence-corrected chi connectivity index (χ1v) is 7.71. The number of hydrogen-bond acceptors (Lipinski definition) is 3. The average molecular weight is 351 g/mol. The van der Waals surface area contributed by atoms with Gasteiger partial charge in [0, 0.05) is 16.9 Å². The maximum Gasteiger partial charge on any atom is 0.243 e. The Labute approximate surface area is 132 Å². The van der Waals surface area contributed by atoms with Crippen LogP contribution in [-0.4, -0.2) is 21.5 Å². The van der Waals surface area contributed by atoms with E-state index in [-0.39, 0.29) is 5.91 Å². The summed E-state index contributed by atoms with van der Waals surface area (Å²) < 4.78 is 2.93. The second kappa shape index (κ2) is 7.38. The van der Waals surface area contributed by atoms with Crippen LogP contribution in [0, 0.1) is 0 Å². The molecule has 0 aliphatic rings. The minimum absolute atomic E-state index is 0.194. The van der Waals surface area contributed by atoms with Crippen molar-refractivity contribution in [2.75, 3.05) is 5.32 Å². The second-order valence-corrected chi connectivity index (χ2v) is 5.81. The molecule has 5 nitrogen and oxygen atoms in total.